The van der Waals surface area contributed by atoms with E-state index in [0.29, 0.717) is 0 Å². The zero-order valence-electron chi connectivity index (χ0n) is 6.55. The molecule has 1 rings (SSSR count). The fourth-order valence-corrected chi connectivity index (χ4v) is 1.46. The second-order valence-corrected chi connectivity index (χ2v) is 3.41. The number of aromatic amines is 1. The minimum Gasteiger partial charge on any atom is -0.300 e. The van der Waals surface area contributed by atoms with E-state index in [1.807, 2.05) is 13.8 Å². The summed E-state index contributed by atoms with van der Waals surface area (Å²) in [6, 6.07) is 0. The first-order chi connectivity index (χ1) is 5.24. The smallest absolute Gasteiger partial charge is 0.300 e. The zero-order chi connectivity index (χ0) is 8.27. The van der Waals surface area contributed by atoms with Gasteiger partial charge in [0.15, 0.2) is 0 Å². The van der Waals surface area contributed by atoms with Crippen molar-refractivity contribution < 1.29 is 0 Å². The van der Waals surface area contributed by atoms with Crippen LogP contribution in [0.25, 0.3) is 0 Å². The van der Waals surface area contributed by atoms with Crippen LogP contribution in [0.1, 0.15) is 12.5 Å². The Morgan fingerprint density at radius 2 is 2.45 bits per heavy atom. The molecule has 4 heteroatoms. The summed E-state index contributed by atoms with van der Waals surface area (Å²) >= 11 is 1.62. The van der Waals surface area contributed by atoms with E-state index >= 15 is 0 Å². The maximum atomic E-state index is 10.7. The van der Waals surface area contributed by atoms with Gasteiger partial charge >= 0.3 is 5.69 Å². The SMILES string of the molecule is CCSc1[nH]c(=O)ncc1C. The van der Waals surface area contributed by atoms with Gasteiger partial charge in [-0.2, -0.15) is 0 Å². The normalized spacial score (nSPS) is 10.0. The van der Waals surface area contributed by atoms with Crippen LogP contribution in [0.15, 0.2) is 16.0 Å². The van der Waals surface area contributed by atoms with Gasteiger partial charge in [0.25, 0.3) is 0 Å². The average Bonchev–Trinajstić information content (AvgIpc) is 1.98. The van der Waals surface area contributed by atoms with Crippen molar-refractivity contribution >= 4 is 11.8 Å². The van der Waals surface area contributed by atoms with Crippen LogP contribution in [0.3, 0.4) is 0 Å². The molecule has 1 aromatic heterocycles. The molecule has 0 radical (unpaired) electrons. The standard InChI is InChI=1S/C7H10N2OS/c1-3-11-6-5(2)4-8-7(10)9-6/h4H,3H2,1-2H3,(H,8,9,10). The molecule has 3 nitrogen and oxygen atoms in total. The summed E-state index contributed by atoms with van der Waals surface area (Å²) in [4.78, 5) is 17.0. The molecule has 0 aliphatic heterocycles. The summed E-state index contributed by atoms with van der Waals surface area (Å²) in [6.45, 7) is 3.98. The van der Waals surface area contributed by atoms with E-state index in [1.165, 1.54) is 0 Å². The van der Waals surface area contributed by atoms with Crippen LogP contribution >= 0.6 is 11.8 Å². The molecule has 1 heterocycles. The van der Waals surface area contributed by atoms with Gasteiger partial charge in [0, 0.05) is 6.20 Å². The average molecular weight is 170 g/mol. The summed E-state index contributed by atoms with van der Waals surface area (Å²) in [6.07, 6.45) is 1.59. The minimum absolute atomic E-state index is 0.272. The van der Waals surface area contributed by atoms with Gasteiger partial charge in [0.05, 0.1) is 5.03 Å². The van der Waals surface area contributed by atoms with Crippen molar-refractivity contribution in [3.05, 3.63) is 22.2 Å². The number of hydrogen-bond donors (Lipinski definition) is 1. The summed E-state index contributed by atoms with van der Waals surface area (Å²) in [5.41, 5.74) is 0.753. The van der Waals surface area contributed by atoms with Gasteiger partial charge < -0.3 is 4.98 Å². The van der Waals surface area contributed by atoms with Gasteiger partial charge in [-0.25, -0.2) is 9.78 Å². The van der Waals surface area contributed by atoms with Crippen molar-refractivity contribution in [3.63, 3.8) is 0 Å². The quantitative estimate of drug-likeness (QED) is 0.535. The number of aromatic nitrogens is 2. The molecule has 60 valence electrons. The van der Waals surface area contributed by atoms with E-state index in [4.69, 9.17) is 0 Å². The van der Waals surface area contributed by atoms with Crippen LogP contribution in [0.5, 0.6) is 0 Å². The summed E-state index contributed by atoms with van der Waals surface area (Å²) < 4.78 is 0. The van der Waals surface area contributed by atoms with Crippen molar-refractivity contribution in [3.8, 4) is 0 Å². The minimum atomic E-state index is -0.272. The van der Waals surface area contributed by atoms with Crippen LogP contribution in [0.2, 0.25) is 0 Å². The van der Waals surface area contributed by atoms with Gasteiger partial charge in [0.1, 0.15) is 0 Å². The van der Waals surface area contributed by atoms with Gasteiger partial charge in [0.2, 0.25) is 0 Å². The molecule has 0 unspecified atom stereocenters. The molecule has 0 atom stereocenters. The Morgan fingerprint density at radius 3 is 3.09 bits per heavy atom. The van der Waals surface area contributed by atoms with Gasteiger partial charge in [-0.1, -0.05) is 6.92 Å². The second kappa shape index (κ2) is 3.57. The highest BCUT2D eigenvalue weighted by atomic mass is 32.2. The summed E-state index contributed by atoms with van der Waals surface area (Å²) in [7, 11) is 0. The molecule has 0 spiro atoms. The maximum absolute atomic E-state index is 10.7. The lowest BCUT2D eigenvalue weighted by Gasteiger charge is -1.99. The topological polar surface area (TPSA) is 45.8 Å². The number of aryl methyl sites for hydroxylation is 1. The lowest BCUT2D eigenvalue weighted by Crippen LogP contribution is -2.10. The molecule has 0 bridgehead atoms. The van der Waals surface area contributed by atoms with Crippen LogP contribution in [-0.4, -0.2) is 15.7 Å². The Morgan fingerprint density at radius 1 is 1.73 bits per heavy atom. The highest BCUT2D eigenvalue weighted by molar-refractivity contribution is 7.99. The maximum Gasteiger partial charge on any atom is 0.345 e. The van der Waals surface area contributed by atoms with Crippen LogP contribution in [0.4, 0.5) is 0 Å². The molecular formula is C7H10N2OS. The number of thioether (sulfide) groups is 1. The van der Waals surface area contributed by atoms with Gasteiger partial charge in [-0.05, 0) is 18.2 Å². The molecular weight excluding hydrogens is 160 g/mol. The first-order valence-corrected chi connectivity index (χ1v) is 4.41. The third kappa shape index (κ3) is 2.08. The van der Waals surface area contributed by atoms with E-state index in [9.17, 15) is 4.79 Å². The Kier molecular flexibility index (Phi) is 2.70. The third-order valence-electron chi connectivity index (χ3n) is 1.24. The second-order valence-electron chi connectivity index (χ2n) is 2.13. The molecule has 0 fully saturated rings. The molecule has 1 N–H and O–H groups in total. The van der Waals surface area contributed by atoms with Crippen LogP contribution < -0.4 is 5.69 Å². The lowest BCUT2D eigenvalue weighted by atomic mass is 10.4. The number of nitrogens with one attached hydrogen (secondary N) is 1. The number of H-pyrrole nitrogens is 1. The highest BCUT2D eigenvalue weighted by Crippen LogP contribution is 2.15. The third-order valence-corrected chi connectivity index (χ3v) is 2.24. The first-order valence-electron chi connectivity index (χ1n) is 3.42. The first kappa shape index (κ1) is 8.33. The Balaban J connectivity index is 3.02. The van der Waals surface area contributed by atoms with Crippen LogP contribution in [-0.2, 0) is 0 Å². The molecule has 1 aromatic rings. The van der Waals surface area contributed by atoms with Crippen molar-refractivity contribution in [1.29, 1.82) is 0 Å². The van der Waals surface area contributed by atoms with E-state index in [0.717, 1.165) is 16.3 Å². The lowest BCUT2D eigenvalue weighted by molar-refractivity contribution is 0.946. The molecule has 0 saturated heterocycles. The van der Waals surface area contributed by atoms with E-state index in [2.05, 4.69) is 9.97 Å². The van der Waals surface area contributed by atoms with E-state index in [-0.39, 0.29) is 5.69 Å². The van der Waals surface area contributed by atoms with Crippen molar-refractivity contribution in [2.45, 2.75) is 18.9 Å². The predicted octanol–water partition coefficient (Wildman–Crippen LogP) is 1.19. The number of hydrogen-bond acceptors (Lipinski definition) is 3. The van der Waals surface area contributed by atoms with Crippen LogP contribution in [0, 0.1) is 6.92 Å². The van der Waals surface area contributed by atoms with Crippen molar-refractivity contribution in [2.24, 2.45) is 0 Å². The summed E-state index contributed by atoms with van der Waals surface area (Å²) in [5.74, 6) is 0.959. The van der Waals surface area contributed by atoms with E-state index in [1.54, 1.807) is 18.0 Å². The molecule has 0 amide bonds. The predicted molar refractivity (Wildman–Crippen MR) is 46.0 cm³/mol. The molecule has 0 saturated carbocycles. The Labute approximate surface area is 69.3 Å². The Hall–Kier alpha value is -0.770. The van der Waals surface area contributed by atoms with Gasteiger partial charge in [-0.15, -0.1) is 11.8 Å². The van der Waals surface area contributed by atoms with Crippen molar-refractivity contribution in [2.75, 3.05) is 5.75 Å². The summed E-state index contributed by atoms with van der Waals surface area (Å²) in [5, 5.41) is 0.924. The highest BCUT2D eigenvalue weighted by Gasteiger charge is 1.97. The van der Waals surface area contributed by atoms with E-state index < -0.39 is 0 Å². The monoisotopic (exact) mass is 170 g/mol. The largest absolute Gasteiger partial charge is 0.345 e. The molecule has 0 aliphatic rings. The molecule has 0 aromatic carbocycles. The van der Waals surface area contributed by atoms with Crippen molar-refractivity contribution in [1.82, 2.24) is 9.97 Å². The Bertz CT molecular complexity index is 295. The number of nitrogens with zero attached hydrogens (tertiary/aromatic N) is 1. The molecule has 0 aliphatic carbocycles. The van der Waals surface area contributed by atoms with Gasteiger partial charge in [-0.3, -0.25) is 0 Å². The molecule has 11 heavy (non-hydrogen) atoms. The fourth-order valence-electron chi connectivity index (χ4n) is 0.736. The fraction of sp³-hybridized carbons (Fsp3) is 0.429. The number of rotatable bonds is 2. The zero-order valence-corrected chi connectivity index (χ0v) is 7.36.